The van der Waals surface area contributed by atoms with E-state index in [0.717, 1.165) is 48.4 Å². The molecule has 0 amide bonds. The molecule has 42 heavy (non-hydrogen) atoms. The number of fused-ring (bicyclic) bond motifs is 1. The molecule has 1 nitrogen and oxygen atoms in total. The maximum atomic E-state index is 4.22. The van der Waals surface area contributed by atoms with Crippen LogP contribution in [0.3, 0.4) is 0 Å². The van der Waals surface area contributed by atoms with Gasteiger partial charge < -0.3 is 5.32 Å². The van der Waals surface area contributed by atoms with Crippen LogP contribution in [0.2, 0.25) is 0 Å². The second kappa shape index (κ2) is 32.7. The lowest BCUT2D eigenvalue weighted by molar-refractivity contribution is 0.727. The Morgan fingerprint density at radius 3 is 1.69 bits per heavy atom. The molecule has 1 N–H and O–H groups in total. The highest BCUT2D eigenvalue weighted by Crippen LogP contribution is 2.16. The predicted octanol–water partition coefficient (Wildman–Crippen LogP) is 11.9. The van der Waals surface area contributed by atoms with Crippen molar-refractivity contribution >= 4 is 23.9 Å². The van der Waals surface area contributed by atoms with E-state index >= 15 is 0 Å². The van der Waals surface area contributed by atoms with E-state index < -0.39 is 0 Å². The van der Waals surface area contributed by atoms with Gasteiger partial charge in [0, 0.05) is 12.2 Å². The summed E-state index contributed by atoms with van der Waals surface area (Å²) in [5.74, 6) is 0. The topological polar surface area (TPSA) is 12.0 Å². The summed E-state index contributed by atoms with van der Waals surface area (Å²) in [6.07, 6.45) is 6.71. The summed E-state index contributed by atoms with van der Waals surface area (Å²) >= 11 is 0. The van der Waals surface area contributed by atoms with E-state index in [-0.39, 0.29) is 0 Å². The molecule has 0 spiro atoms. The molecule has 0 atom stereocenters. The van der Waals surface area contributed by atoms with Gasteiger partial charge in [-0.3, -0.25) is 0 Å². The van der Waals surface area contributed by atoms with Crippen molar-refractivity contribution < 1.29 is 0 Å². The summed E-state index contributed by atoms with van der Waals surface area (Å²) in [7, 11) is 0. The maximum absolute atomic E-state index is 4.22. The standard InChI is InChI=1S/C20H25N.C9H12.2C3H8.3C2H6/c1-6-12-21-16(4)10-11-18-8-7-9-19-17(5)14(2)13-15(3)20(18)19;1-3-9-6-4-8(2)5-7-9;2*1-3-2;3*1-2/h7-9,13,21H,3-6,10-12H2,1-2H3;4-7H,3H2,1-2H3;2*3H2,1-2H3;3*1-2H3. The first-order valence-corrected chi connectivity index (χ1v) is 16.9. The molecule has 0 fully saturated rings. The molecule has 3 aromatic rings. The molecule has 0 radical (unpaired) electrons. The van der Waals surface area contributed by atoms with Gasteiger partial charge in [0.05, 0.1) is 0 Å². The van der Waals surface area contributed by atoms with Crippen LogP contribution in [0.4, 0.5) is 0 Å². The van der Waals surface area contributed by atoms with E-state index in [1.807, 2.05) is 41.5 Å². The van der Waals surface area contributed by atoms with Crippen molar-refractivity contribution in [2.45, 2.75) is 135 Å². The minimum atomic E-state index is 0.957. The lowest BCUT2D eigenvalue weighted by Crippen LogP contribution is -2.16. The van der Waals surface area contributed by atoms with Crippen molar-refractivity contribution in [1.29, 1.82) is 0 Å². The van der Waals surface area contributed by atoms with Gasteiger partial charge in [-0.15, -0.1) is 0 Å². The number of aryl methyl sites for hydroxylation is 4. The summed E-state index contributed by atoms with van der Waals surface area (Å²) in [5, 5.41) is 8.06. The summed E-state index contributed by atoms with van der Waals surface area (Å²) in [4.78, 5) is 0. The van der Waals surface area contributed by atoms with E-state index in [1.165, 1.54) is 45.9 Å². The minimum Gasteiger partial charge on any atom is -0.389 e. The molecule has 0 aliphatic heterocycles. The number of hydrogen-bond acceptors (Lipinski definition) is 1. The number of allylic oxidation sites excluding steroid dienone is 1. The number of benzene rings is 3. The van der Waals surface area contributed by atoms with E-state index in [9.17, 15) is 0 Å². The molecule has 240 valence electrons. The van der Waals surface area contributed by atoms with Crippen LogP contribution in [-0.4, -0.2) is 6.54 Å². The van der Waals surface area contributed by atoms with Crippen LogP contribution in [0, 0.1) is 13.8 Å². The second-order valence-electron chi connectivity index (χ2n) is 9.45. The molecule has 3 aromatic carbocycles. The third kappa shape index (κ3) is 21.0. The average molecular weight is 578 g/mol. The summed E-state index contributed by atoms with van der Waals surface area (Å²) < 4.78 is 0. The second-order valence-corrected chi connectivity index (χ2v) is 9.45. The Balaban J connectivity index is -0.000000285. The van der Waals surface area contributed by atoms with Gasteiger partial charge in [0.2, 0.25) is 0 Å². The fourth-order valence-electron chi connectivity index (χ4n) is 3.57. The molecule has 0 saturated heterocycles. The molecule has 1 heteroatoms. The van der Waals surface area contributed by atoms with Crippen molar-refractivity contribution in [1.82, 2.24) is 5.32 Å². The molecule has 0 aliphatic rings. The van der Waals surface area contributed by atoms with Crippen molar-refractivity contribution in [2.75, 3.05) is 6.54 Å². The van der Waals surface area contributed by atoms with Gasteiger partial charge in [0.1, 0.15) is 0 Å². The van der Waals surface area contributed by atoms with Crippen molar-refractivity contribution in [3.8, 4) is 0 Å². The normalized spacial score (nSPS) is 8.71. The highest BCUT2D eigenvalue weighted by molar-refractivity contribution is 5.87. The van der Waals surface area contributed by atoms with Gasteiger partial charge in [-0.1, -0.05) is 170 Å². The van der Waals surface area contributed by atoms with Gasteiger partial charge in [-0.25, -0.2) is 0 Å². The zero-order valence-corrected chi connectivity index (χ0v) is 30.7. The Morgan fingerprint density at radius 2 is 1.24 bits per heavy atom. The summed E-state index contributed by atoms with van der Waals surface area (Å²) in [6, 6.07) is 17.3. The van der Waals surface area contributed by atoms with Crippen LogP contribution >= 0.6 is 0 Å². The largest absolute Gasteiger partial charge is 0.389 e. The summed E-state index contributed by atoms with van der Waals surface area (Å²) in [5.41, 5.74) is 6.41. The van der Waals surface area contributed by atoms with Gasteiger partial charge in [0.25, 0.3) is 0 Å². The van der Waals surface area contributed by atoms with Crippen LogP contribution < -0.4 is 15.8 Å². The van der Waals surface area contributed by atoms with Crippen molar-refractivity contribution in [3.63, 3.8) is 0 Å². The van der Waals surface area contributed by atoms with Crippen LogP contribution in [0.25, 0.3) is 23.9 Å². The molecular weight excluding hydrogens is 506 g/mol. The minimum absolute atomic E-state index is 0.957. The quantitative estimate of drug-likeness (QED) is 0.294. The Kier molecular flexibility index (Phi) is 36.0. The van der Waals surface area contributed by atoms with Gasteiger partial charge in [-0.2, -0.15) is 0 Å². The molecule has 0 aromatic heterocycles. The molecule has 0 unspecified atom stereocenters. The first-order chi connectivity index (χ1) is 20.2. The molecule has 0 heterocycles. The van der Waals surface area contributed by atoms with E-state index in [2.05, 4.69) is 129 Å². The van der Waals surface area contributed by atoms with Crippen LogP contribution in [0.1, 0.15) is 131 Å². The van der Waals surface area contributed by atoms with Crippen LogP contribution in [-0.2, 0) is 12.8 Å². The Bertz CT molecular complexity index is 1100. The lowest BCUT2D eigenvalue weighted by atomic mass is 9.96. The first-order valence-electron chi connectivity index (χ1n) is 16.9. The number of rotatable bonds is 7. The molecule has 0 aliphatic carbocycles. The molecule has 3 rings (SSSR count). The van der Waals surface area contributed by atoms with Gasteiger partial charge in [0.15, 0.2) is 0 Å². The fraction of sp³-hybridized carbons (Fsp3) is 0.512. The fourth-order valence-corrected chi connectivity index (χ4v) is 3.57. The summed E-state index contributed by atoms with van der Waals surface area (Å²) in [6.45, 7) is 42.6. The zero-order valence-electron chi connectivity index (χ0n) is 30.7. The highest BCUT2D eigenvalue weighted by Gasteiger charge is 2.05. The number of nitrogens with one attached hydrogen (secondary N) is 1. The van der Waals surface area contributed by atoms with E-state index in [1.54, 1.807) is 0 Å². The Hall–Kier alpha value is -2.80. The molecule has 0 saturated carbocycles. The smallest absolute Gasteiger partial charge is 0.0141 e. The first kappa shape index (κ1) is 46.2. The highest BCUT2D eigenvalue weighted by atomic mass is 14.9. The average Bonchev–Trinajstić information content (AvgIpc) is 3.02. The van der Waals surface area contributed by atoms with E-state index in [4.69, 9.17) is 0 Å². The third-order valence-corrected chi connectivity index (χ3v) is 5.51. The zero-order chi connectivity index (χ0) is 33.5. The maximum Gasteiger partial charge on any atom is 0.0141 e. The van der Waals surface area contributed by atoms with Crippen molar-refractivity contribution in [3.05, 3.63) is 93.5 Å². The lowest BCUT2D eigenvalue weighted by Gasteiger charge is -2.11. The van der Waals surface area contributed by atoms with Gasteiger partial charge in [-0.05, 0) is 77.4 Å². The van der Waals surface area contributed by atoms with E-state index in [0.29, 0.717) is 0 Å². The molecular formula is C41H71N. The predicted molar refractivity (Wildman–Crippen MR) is 201 cm³/mol. The van der Waals surface area contributed by atoms with Gasteiger partial charge >= 0.3 is 0 Å². The Labute approximate surface area is 264 Å². The monoisotopic (exact) mass is 578 g/mol. The SMILES string of the molecule is C=C(CCc1cccc2c(=C)c(C)cc(=C)c12)NCCC.CC.CC.CC.CCC.CCC.CCc1ccc(C)cc1. The Morgan fingerprint density at radius 1 is 0.738 bits per heavy atom. The third-order valence-electron chi connectivity index (χ3n) is 5.51. The number of hydrogen-bond donors (Lipinski definition) is 1. The molecule has 0 bridgehead atoms. The van der Waals surface area contributed by atoms with Crippen LogP contribution in [0.5, 0.6) is 0 Å². The van der Waals surface area contributed by atoms with Crippen molar-refractivity contribution in [2.24, 2.45) is 0 Å². The van der Waals surface area contributed by atoms with Crippen LogP contribution in [0.15, 0.2) is 60.8 Å².